The van der Waals surface area contributed by atoms with Crippen LogP contribution < -0.4 is 11.1 Å². The zero-order valence-corrected chi connectivity index (χ0v) is 11.8. The molecule has 2 atom stereocenters. The Hall–Kier alpha value is -1.10. The molecule has 0 radical (unpaired) electrons. The molecular weight excluding hydrogens is 232 g/mol. The molecular formula is C13H26N2O3. The van der Waals surface area contributed by atoms with E-state index < -0.39 is 17.4 Å². The molecule has 0 rings (SSSR count). The molecule has 0 fully saturated rings. The molecule has 5 heteroatoms. The maximum atomic E-state index is 12.2. The van der Waals surface area contributed by atoms with Gasteiger partial charge in [0.1, 0.15) is 6.04 Å². The first-order valence-electron chi connectivity index (χ1n) is 6.62. The van der Waals surface area contributed by atoms with Crippen LogP contribution in [0.2, 0.25) is 0 Å². The van der Waals surface area contributed by atoms with Crippen LogP contribution in [0.4, 0.5) is 0 Å². The van der Waals surface area contributed by atoms with Crippen LogP contribution in [0.5, 0.6) is 0 Å². The summed E-state index contributed by atoms with van der Waals surface area (Å²) in [5.74, 6) is -1.34. The fourth-order valence-corrected chi connectivity index (χ4v) is 1.93. The third kappa shape index (κ3) is 3.70. The number of carbonyl (C=O) groups excluding carboxylic acids is 1. The Kier molecular flexibility index (Phi) is 6.91. The van der Waals surface area contributed by atoms with Gasteiger partial charge in [0.2, 0.25) is 5.91 Å². The summed E-state index contributed by atoms with van der Waals surface area (Å²) < 4.78 is 0. The van der Waals surface area contributed by atoms with E-state index in [-0.39, 0.29) is 18.4 Å². The minimum Gasteiger partial charge on any atom is -0.480 e. The number of hydrogen-bond acceptors (Lipinski definition) is 3. The van der Waals surface area contributed by atoms with Gasteiger partial charge in [-0.25, -0.2) is 4.79 Å². The average molecular weight is 258 g/mol. The minimum atomic E-state index is -0.990. The lowest BCUT2D eigenvalue weighted by atomic mass is 9.81. The van der Waals surface area contributed by atoms with Crippen molar-refractivity contribution in [1.82, 2.24) is 5.32 Å². The van der Waals surface area contributed by atoms with Crippen LogP contribution in [0.15, 0.2) is 0 Å². The van der Waals surface area contributed by atoms with Gasteiger partial charge in [-0.3, -0.25) is 4.79 Å². The maximum absolute atomic E-state index is 12.2. The summed E-state index contributed by atoms with van der Waals surface area (Å²) in [7, 11) is 0. The summed E-state index contributed by atoms with van der Waals surface area (Å²) >= 11 is 0. The van der Waals surface area contributed by atoms with Crippen molar-refractivity contribution in [1.29, 1.82) is 0 Å². The molecule has 0 aliphatic carbocycles. The number of aliphatic carboxylic acids is 1. The largest absolute Gasteiger partial charge is 0.480 e. The summed E-state index contributed by atoms with van der Waals surface area (Å²) in [6, 6.07) is -0.841. The van der Waals surface area contributed by atoms with Gasteiger partial charge in [0.15, 0.2) is 0 Å². The van der Waals surface area contributed by atoms with Crippen LogP contribution in [-0.4, -0.2) is 29.6 Å². The molecule has 0 aliphatic heterocycles. The summed E-state index contributed by atoms with van der Waals surface area (Å²) in [4.78, 5) is 23.4. The molecule has 0 saturated carbocycles. The van der Waals surface area contributed by atoms with Crippen molar-refractivity contribution in [3.05, 3.63) is 0 Å². The normalized spacial score (nSPS) is 14.9. The van der Waals surface area contributed by atoms with Crippen molar-refractivity contribution in [3.8, 4) is 0 Å². The number of amides is 1. The van der Waals surface area contributed by atoms with Crippen LogP contribution in [0.1, 0.15) is 47.0 Å². The maximum Gasteiger partial charge on any atom is 0.326 e. The molecule has 2 unspecified atom stereocenters. The second-order valence-corrected chi connectivity index (χ2v) is 4.87. The van der Waals surface area contributed by atoms with Gasteiger partial charge < -0.3 is 16.2 Å². The van der Waals surface area contributed by atoms with E-state index in [9.17, 15) is 9.59 Å². The lowest BCUT2D eigenvalue weighted by Gasteiger charge is -2.31. The molecule has 0 bridgehead atoms. The van der Waals surface area contributed by atoms with E-state index in [1.54, 1.807) is 0 Å². The average Bonchev–Trinajstić information content (AvgIpc) is 2.37. The van der Waals surface area contributed by atoms with E-state index in [2.05, 4.69) is 5.32 Å². The highest BCUT2D eigenvalue weighted by molar-refractivity contribution is 5.87. The van der Waals surface area contributed by atoms with Crippen molar-refractivity contribution in [2.24, 2.45) is 17.1 Å². The quantitative estimate of drug-likeness (QED) is 0.613. The number of carboxylic acid groups (broad SMARTS) is 1. The predicted molar refractivity (Wildman–Crippen MR) is 71.1 cm³/mol. The first-order valence-corrected chi connectivity index (χ1v) is 6.62. The van der Waals surface area contributed by atoms with E-state index in [1.807, 2.05) is 27.7 Å². The monoisotopic (exact) mass is 258 g/mol. The smallest absolute Gasteiger partial charge is 0.326 e. The Morgan fingerprint density at radius 1 is 1.28 bits per heavy atom. The molecule has 18 heavy (non-hydrogen) atoms. The van der Waals surface area contributed by atoms with Crippen LogP contribution in [0.3, 0.4) is 0 Å². The first-order chi connectivity index (χ1) is 8.38. The number of hydrogen-bond donors (Lipinski definition) is 3. The number of carboxylic acids is 1. The highest BCUT2D eigenvalue weighted by Crippen LogP contribution is 2.25. The van der Waals surface area contributed by atoms with Crippen molar-refractivity contribution >= 4 is 11.9 Å². The highest BCUT2D eigenvalue weighted by atomic mass is 16.4. The van der Waals surface area contributed by atoms with Gasteiger partial charge in [-0.15, -0.1) is 0 Å². The molecule has 4 N–H and O–H groups in total. The topological polar surface area (TPSA) is 92.4 Å². The third-order valence-electron chi connectivity index (χ3n) is 3.99. The van der Waals surface area contributed by atoms with E-state index >= 15 is 0 Å². The number of rotatable bonds is 8. The molecule has 5 nitrogen and oxygen atoms in total. The molecule has 0 aromatic heterocycles. The second-order valence-electron chi connectivity index (χ2n) is 4.87. The van der Waals surface area contributed by atoms with Crippen molar-refractivity contribution in [2.45, 2.75) is 53.0 Å². The molecule has 0 aromatic carbocycles. The van der Waals surface area contributed by atoms with E-state index in [1.165, 1.54) is 0 Å². The molecule has 0 heterocycles. The molecule has 0 aromatic rings. The van der Waals surface area contributed by atoms with Gasteiger partial charge in [-0.1, -0.05) is 34.1 Å². The number of carbonyl (C=O) groups is 2. The SMILES string of the molecule is CCC(C)C(NC(=O)C(CC)(CC)CN)C(=O)O. The van der Waals surface area contributed by atoms with E-state index in [0.29, 0.717) is 19.3 Å². The van der Waals surface area contributed by atoms with Crippen molar-refractivity contribution in [3.63, 3.8) is 0 Å². The van der Waals surface area contributed by atoms with Gasteiger partial charge in [0, 0.05) is 6.54 Å². The Morgan fingerprint density at radius 2 is 1.78 bits per heavy atom. The minimum absolute atomic E-state index is 0.101. The van der Waals surface area contributed by atoms with Gasteiger partial charge in [0.05, 0.1) is 5.41 Å². The summed E-state index contributed by atoms with van der Waals surface area (Å²) in [5, 5.41) is 11.8. The third-order valence-corrected chi connectivity index (χ3v) is 3.99. The van der Waals surface area contributed by atoms with E-state index in [4.69, 9.17) is 10.8 Å². The van der Waals surface area contributed by atoms with Crippen LogP contribution in [0.25, 0.3) is 0 Å². The van der Waals surface area contributed by atoms with Crippen LogP contribution in [0, 0.1) is 11.3 Å². The van der Waals surface area contributed by atoms with Crippen LogP contribution >= 0.6 is 0 Å². The number of nitrogens with two attached hydrogens (primary N) is 1. The van der Waals surface area contributed by atoms with E-state index in [0.717, 1.165) is 0 Å². The summed E-state index contributed by atoms with van der Waals surface area (Å²) in [6.45, 7) is 7.76. The lowest BCUT2D eigenvalue weighted by molar-refractivity contribution is -0.145. The summed E-state index contributed by atoms with van der Waals surface area (Å²) in [5.41, 5.74) is 5.03. The molecule has 106 valence electrons. The number of nitrogens with one attached hydrogen (secondary N) is 1. The van der Waals surface area contributed by atoms with Crippen LogP contribution in [-0.2, 0) is 9.59 Å². The lowest BCUT2D eigenvalue weighted by Crippen LogP contribution is -2.53. The zero-order chi connectivity index (χ0) is 14.3. The highest BCUT2D eigenvalue weighted by Gasteiger charge is 2.36. The zero-order valence-electron chi connectivity index (χ0n) is 11.8. The first kappa shape index (κ1) is 16.9. The Balaban J connectivity index is 4.93. The van der Waals surface area contributed by atoms with Gasteiger partial charge in [-0.05, 0) is 18.8 Å². The van der Waals surface area contributed by atoms with Crippen molar-refractivity contribution < 1.29 is 14.7 Å². The van der Waals surface area contributed by atoms with Gasteiger partial charge in [-0.2, -0.15) is 0 Å². The van der Waals surface area contributed by atoms with Gasteiger partial charge in [0.25, 0.3) is 0 Å². The Bertz CT molecular complexity index is 280. The fourth-order valence-electron chi connectivity index (χ4n) is 1.93. The molecule has 1 amide bonds. The predicted octanol–water partition coefficient (Wildman–Crippen LogP) is 1.37. The standard InChI is InChI=1S/C13H26N2O3/c1-5-9(4)10(11(16)17)15-12(18)13(6-2,7-3)8-14/h9-10H,5-8,14H2,1-4H3,(H,15,18)(H,16,17). The molecule has 0 saturated heterocycles. The van der Waals surface area contributed by atoms with Gasteiger partial charge >= 0.3 is 5.97 Å². The Labute approximate surface area is 109 Å². The Morgan fingerprint density at radius 3 is 2.06 bits per heavy atom. The molecule has 0 spiro atoms. The summed E-state index contributed by atoms with van der Waals surface area (Å²) in [6.07, 6.45) is 1.92. The second kappa shape index (κ2) is 7.36. The van der Waals surface area contributed by atoms with Crippen molar-refractivity contribution in [2.75, 3.05) is 6.54 Å². The fraction of sp³-hybridized carbons (Fsp3) is 0.846. The molecule has 0 aliphatic rings.